The van der Waals surface area contributed by atoms with Crippen molar-refractivity contribution < 1.29 is 83.4 Å². The predicted octanol–water partition coefficient (Wildman–Crippen LogP) is 31.9. The molecule has 18 rings (SSSR count). The molecule has 0 nitrogen and oxygen atoms in total. The van der Waals surface area contributed by atoms with Crippen LogP contribution in [0.15, 0.2) is 531 Å². The molecule has 672 valence electrons. The van der Waals surface area contributed by atoms with Gasteiger partial charge in [0.05, 0.1) is 70.9 Å². The van der Waals surface area contributed by atoms with Crippen molar-refractivity contribution in [3.05, 3.63) is 541 Å². The highest BCUT2D eigenvalue weighted by molar-refractivity contribution is 7.98. The van der Waals surface area contributed by atoms with Gasteiger partial charge in [-0.25, -0.2) is 70.2 Å². The van der Waals surface area contributed by atoms with E-state index >= 15 is 0 Å². The minimum Gasteiger partial charge on any atom is -0.207 e. The number of alkyl halides is 3. The Labute approximate surface area is 778 Å². The summed E-state index contributed by atoms with van der Waals surface area (Å²) in [5, 5.41) is 0. The van der Waals surface area contributed by atoms with Crippen molar-refractivity contribution in [2.24, 2.45) is 0 Å². The maximum absolute atomic E-state index is 13.6. The van der Waals surface area contributed by atoms with Gasteiger partial charge < -0.3 is 0 Å². The van der Waals surface area contributed by atoms with Crippen molar-refractivity contribution in [3.8, 4) is 0 Å². The first-order valence-electron chi connectivity index (χ1n) is 40.4. The Kier molecular flexibility index (Phi) is 34.7. The van der Waals surface area contributed by atoms with Gasteiger partial charge in [0.1, 0.15) is 93.1 Å². The fourth-order valence-electron chi connectivity index (χ4n) is 13.3. The fourth-order valence-corrected chi connectivity index (χ4v) is 26.1. The van der Waals surface area contributed by atoms with Crippen LogP contribution in [0.2, 0.25) is 0 Å². The summed E-state index contributed by atoms with van der Waals surface area (Å²) in [5.41, 5.74) is -0.612. The van der Waals surface area contributed by atoms with Crippen molar-refractivity contribution in [3.63, 3.8) is 0 Å². The van der Waals surface area contributed by atoms with Crippen LogP contribution in [-0.2, 0) is 71.5 Å². The van der Waals surface area contributed by atoms with Crippen LogP contribution in [0.1, 0.15) is 5.56 Å². The summed E-state index contributed by atoms with van der Waals surface area (Å²) >= 11 is 0. The summed E-state index contributed by atoms with van der Waals surface area (Å²) in [4.78, 5) is 13.0. The van der Waals surface area contributed by atoms with E-state index in [9.17, 15) is 83.4 Å². The zero-order chi connectivity index (χ0) is 94.8. The molecule has 0 saturated heterocycles. The summed E-state index contributed by atoms with van der Waals surface area (Å²) in [5.74, 6) is -10.7. The summed E-state index contributed by atoms with van der Waals surface area (Å²) in [6.45, 7) is 0. The summed E-state index contributed by atoms with van der Waals surface area (Å²) in [7, 11) is -4.34. The molecule has 25 heteroatoms. The average molecular weight is 1940 g/mol. The van der Waals surface area contributed by atoms with Crippen LogP contribution in [0.4, 0.5) is 83.4 Å². The Hall–Kier alpha value is -13.3. The zero-order valence-electron chi connectivity index (χ0n) is 69.8. The van der Waals surface area contributed by atoms with Gasteiger partial charge in [0.2, 0.25) is 0 Å². The van der Waals surface area contributed by atoms with Crippen LogP contribution < -0.4 is 0 Å². The first-order valence-corrected chi connectivity index (χ1v) is 47.7. The highest BCUT2D eigenvalue weighted by Crippen LogP contribution is 2.41. The predicted molar refractivity (Wildman–Crippen MR) is 493 cm³/mol. The SMILES string of the molecule is FC(F)(F)c1cccc([S+](c2ccccc2)c2ccccc2)c1.Fc1cc(F)cc([S+](c2cc(F)cc(F)c2)c2cc(F)cc(F)c2)c1.Fc1cc(F)cc([S+](c2ccccc2)c2cc(F)cc(F)c2)c1.Fc1cc(F)cc([S+](c2ccccc2)c2ccccc2)c1.Fc1ccc([S+](c2ccc(F)cc2)c2ccc(F)cc2)cc1.Fc1ccc([S+](c2ccccc2)c2ccccc2)cc1. The highest BCUT2D eigenvalue weighted by Gasteiger charge is 2.38. The second-order valence-corrected chi connectivity index (χ2v) is 40.7. The van der Waals surface area contributed by atoms with Gasteiger partial charge in [0.15, 0.2) is 88.1 Å². The smallest absolute Gasteiger partial charge is 0.207 e. The Balaban J connectivity index is 0.000000137. The monoisotopic (exact) mass is 1930 g/mol. The lowest BCUT2D eigenvalue weighted by atomic mass is 10.2. The van der Waals surface area contributed by atoms with E-state index in [1.165, 1.54) is 107 Å². The van der Waals surface area contributed by atoms with E-state index in [1.54, 1.807) is 72.8 Å². The molecule has 18 aromatic rings. The minimum absolute atomic E-state index is 0.00694. The molecule has 0 N–H and O–H groups in total. The van der Waals surface area contributed by atoms with E-state index < -0.39 is 136 Å². The Morgan fingerprint density at radius 2 is 0.246 bits per heavy atom. The standard InChI is InChI=1S/C19H14F3S.C18H9F6S.C18H11F4S.C18H12F3S.C18H13F2S.C18H14FS/c20-19(21,22)15-8-7-13-18(14-15)23(16-9-3-1-4-10-16)17-11-5-2-6-12-17;19-10-1-11(20)5-16(4-10)25(17-6-12(21)2-13(22)7-17)18-8-14(23)3-15(24)9-18;19-12-6-13(20)9-17(8-12)23(16-4-2-1-3-5-16)18-10-14(21)7-15(22)11-18;19-13-1-7-16(8-2-13)22(17-9-3-14(20)4-10-17)18-11-5-15(21)6-12-18;19-14-11-15(20)13-18(12-14)21(16-7-3-1-4-8-16)17-9-5-2-6-10-17;19-15-11-13-18(14-12-15)20(16-7-3-1-4-8-16)17-9-5-2-6-10-17/h1-14H;1-9H;1-11H;1-12H;1-13H;1-14H/q6*+1. The molecular weight excluding hydrogens is 1860 g/mol. The van der Waals surface area contributed by atoms with Crippen LogP contribution in [-0.4, -0.2) is 0 Å². The van der Waals surface area contributed by atoms with Gasteiger partial charge in [-0.2, -0.15) is 13.2 Å². The van der Waals surface area contributed by atoms with E-state index in [0.717, 1.165) is 99.8 Å². The van der Waals surface area contributed by atoms with Gasteiger partial charge in [-0.05, 0) is 194 Å². The Morgan fingerprint density at radius 1 is 0.112 bits per heavy atom. The quantitative estimate of drug-likeness (QED) is 0.0593. The molecule has 0 fully saturated rings. The van der Waals surface area contributed by atoms with E-state index in [1.807, 2.05) is 170 Å². The van der Waals surface area contributed by atoms with E-state index in [4.69, 9.17) is 0 Å². The topological polar surface area (TPSA) is 0 Å². The van der Waals surface area contributed by atoms with Gasteiger partial charge >= 0.3 is 6.18 Å². The second-order valence-electron chi connectivity index (χ2n) is 28.5. The highest BCUT2D eigenvalue weighted by atomic mass is 32.2. The number of hydrogen-bond donors (Lipinski definition) is 0. The Morgan fingerprint density at radius 3 is 0.418 bits per heavy atom. The normalized spacial score (nSPS) is 11.1. The van der Waals surface area contributed by atoms with Crippen LogP contribution in [0.3, 0.4) is 0 Å². The number of benzene rings is 18. The van der Waals surface area contributed by atoms with Gasteiger partial charge in [-0.3, -0.25) is 0 Å². The number of rotatable bonds is 18. The maximum atomic E-state index is 13.6. The third kappa shape index (κ3) is 27.9. The largest absolute Gasteiger partial charge is 0.416 e. The second kappa shape index (κ2) is 47.4. The van der Waals surface area contributed by atoms with E-state index in [-0.39, 0.29) is 48.9 Å². The molecule has 0 aromatic heterocycles. The molecular formula is C109H73F19S6+6. The van der Waals surface area contributed by atoms with Crippen molar-refractivity contribution in [1.29, 1.82) is 0 Å². The molecule has 0 spiro atoms. The van der Waals surface area contributed by atoms with Gasteiger partial charge in [-0.1, -0.05) is 133 Å². The molecule has 134 heavy (non-hydrogen) atoms. The fraction of sp³-hybridized carbons (Fsp3) is 0.00917. The summed E-state index contributed by atoms with van der Waals surface area (Å²) < 4.78 is 255. The van der Waals surface area contributed by atoms with Gasteiger partial charge in [0, 0.05) is 115 Å². The van der Waals surface area contributed by atoms with Gasteiger partial charge in [-0.15, -0.1) is 0 Å². The van der Waals surface area contributed by atoms with Crippen molar-refractivity contribution in [2.45, 2.75) is 94.3 Å². The molecule has 0 aliphatic carbocycles. The summed E-state index contributed by atoms with van der Waals surface area (Å²) in [6, 6.07) is 117. The lowest BCUT2D eigenvalue weighted by Gasteiger charge is -2.10. The molecule has 0 saturated carbocycles. The molecule has 0 unspecified atom stereocenters. The molecule has 0 amide bonds. The molecule has 0 atom stereocenters. The maximum Gasteiger partial charge on any atom is 0.416 e. The molecule has 18 aromatic carbocycles. The molecule has 0 heterocycles. The average Bonchev–Trinajstić information content (AvgIpc) is 0.788. The molecule has 0 aliphatic heterocycles. The van der Waals surface area contributed by atoms with Crippen molar-refractivity contribution in [1.82, 2.24) is 0 Å². The number of hydrogen-bond acceptors (Lipinski definition) is 0. The van der Waals surface area contributed by atoms with Crippen molar-refractivity contribution >= 4 is 65.4 Å². The lowest BCUT2D eigenvalue weighted by molar-refractivity contribution is -0.137. The summed E-state index contributed by atoms with van der Waals surface area (Å²) in [6.07, 6.45) is -4.33. The number of halogens is 19. The van der Waals surface area contributed by atoms with Crippen molar-refractivity contribution in [2.75, 3.05) is 0 Å². The van der Waals surface area contributed by atoms with E-state index in [0.29, 0.717) is 42.7 Å². The molecule has 0 radical (unpaired) electrons. The molecule has 0 aliphatic rings. The van der Waals surface area contributed by atoms with E-state index in [2.05, 4.69) is 24.3 Å². The van der Waals surface area contributed by atoms with Crippen LogP contribution >= 0.6 is 0 Å². The molecule has 0 bridgehead atoms. The zero-order valence-corrected chi connectivity index (χ0v) is 74.7. The van der Waals surface area contributed by atoms with Crippen LogP contribution in [0, 0.1) is 93.1 Å². The minimum atomic E-state index is -4.33. The Bertz CT molecular complexity index is 6290. The third-order valence-corrected chi connectivity index (χ3v) is 32.0. The first kappa shape index (κ1) is 98.2. The lowest BCUT2D eigenvalue weighted by Crippen LogP contribution is -2.09. The third-order valence-electron chi connectivity index (χ3n) is 18.9. The van der Waals surface area contributed by atoms with Gasteiger partial charge in [0.25, 0.3) is 0 Å². The first-order chi connectivity index (χ1) is 64.6. The van der Waals surface area contributed by atoms with Crippen LogP contribution in [0.5, 0.6) is 0 Å². The van der Waals surface area contributed by atoms with Crippen LogP contribution in [0.25, 0.3) is 0 Å².